The van der Waals surface area contributed by atoms with Crippen LogP contribution in [0.4, 0.5) is 0 Å². The summed E-state index contributed by atoms with van der Waals surface area (Å²) in [4.78, 5) is 0. The molecule has 116 valence electrons. The highest BCUT2D eigenvalue weighted by Gasteiger charge is 2.19. The second-order valence-corrected chi connectivity index (χ2v) is 5.70. The van der Waals surface area contributed by atoms with Crippen LogP contribution in [0.1, 0.15) is 35.6 Å². The van der Waals surface area contributed by atoms with Crippen molar-refractivity contribution in [2.45, 2.75) is 31.8 Å². The second-order valence-electron chi connectivity index (χ2n) is 5.70. The summed E-state index contributed by atoms with van der Waals surface area (Å²) in [5.41, 5.74) is 4.08. The van der Waals surface area contributed by atoms with E-state index in [9.17, 15) is 0 Å². The molecule has 2 aromatic rings. The van der Waals surface area contributed by atoms with Gasteiger partial charge in [0.1, 0.15) is 11.5 Å². The zero-order valence-corrected chi connectivity index (χ0v) is 13.3. The Bertz CT molecular complexity index is 639. The lowest BCUT2D eigenvalue weighted by atomic mass is 9.87. The molecule has 0 saturated carbocycles. The van der Waals surface area contributed by atoms with Crippen molar-refractivity contribution in [2.24, 2.45) is 0 Å². The Labute approximate surface area is 132 Å². The van der Waals surface area contributed by atoms with E-state index in [0.29, 0.717) is 6.04 Å². The highest BCUT2D eigenvalue weighted by atomic mass is 16.5. The number of aryl methyl sites for hydroxylation is 1. The predicted molar refractivity (Wildman–Crippen MR) is 88.5 cm³/mol. The summed E-state index contributed by atoms with van der Waals surface area (Å²) in [6.07, 6.45) is 3.63. The van der Waals surface area contributed by atoms with Gasteiger partial charge >= 0.3 is 0 Å². The molecule has 0 unspecified atom stereocenters. The van der Waals surface area contributed by atoms with Crippen LogP contribution >= 0.6 is 0 Å². The number of nitrogens with one attached hydrogen (secondary N) is 1. The number of benzene rings is 2. The first-order valence-electron chi connectivity index (χ1n) is 7.84. The van der Waals surface area contributed by atoms with Gasteiger partial charge in [0.05, 0.1) is 14.2 Å². The lowest BCUT2D eigenvalue weighted by Gasteiger charge is -2.26. The van der Waals surface area contributed by atoms with Crippen LogP contribution in [0.25, 0.3) is 0 Å². The van der Waals surface area contributed by atoms with Crippen molar-refractivity contribution in [3.63, 3.8) is 0 Å². The highest BCUT2D eigenvalue weighted by molar-refractivity contribution is 5.41. The van der Waals surface area contributed by atoms with E-state index in [4.69, 9.17) is 9.47 Å². The molecule has 0 amide bonds. The summed E-state index contributed by atoms with van der Waals surface area (Å²) in [6.45, 7) is 0.798. The Morgan fingerprint density at radius 2 is 1.95 bits per heavy atom. The van der Waals surface area contributed by atoms with Crippen LogP contribution in [0.3, 0.4) is 0 Å². The molecule has 0 aromatic heterocycles. The van der Waals surface area contributed by atoms with E-state index in [1.807, 2.05) is 12.1 Å². The van der Waals surface area contributed by atoms with E-state index >= 15 is 0 Å². The lowest BCUT2D eigenvalue weighted by molar-refractivity contribution is 0.386. The molecule has 0 saturated heterocycles. The van der Waals surface area contributed by atoms with Crippen LogP contribution in [-0.4, -0.2) is 14.2 Å². The average molecular weight is 297 g/mol. The topological polar surface area (TPSA) is 30.5 Å². The first kappa shape index (κ1) is 14.9. The monoisotopic (exact) mass is 297 g/mol. The zero-order chi connectivity index (χ0) is 15.4. The van der Waals surface area contributed by atoms with Crippen LogP contribution < -0.4 is 14.8 Å². The lowest BCUT2D eigenvalue weighted by Crippen LogP contribution is -2.25. The van der Waals surface area contributed by atoms with E-state index in [-0.39, 0.29) is 0 Å². The number of ether oxygens (including phenoxy) is 2. The van der Waals surface area contributed by atoms with E-state index < -0.39 is 0 Å². The number of methoxy groups -OCH3 is 2. The highest BCUT2D eigenvalue weighted by Crippen LogP contribution is 2.31. The first-order valence-corrected chi connectivity index (χ1v) is 7.84. The van der Waals surface area contributed by atoms with Crippen LogP contribution in [0, 0.1) is 0 Å². The summed E-state index contributed by atoms with van der Waals surface area (Å²) in [5, 5.41) is 3.69. The number of hydrogen-bond acceptors (Lipinski definition) is 3. The van der Waals surface area contributed by atoms with E-state index in [2.05, 4.69) is 35.6 Å². The molecule has 22 heavy (non-hydrogen) atoms. The minimum absolute atomic E-state index is 0.428. The number of rotatable bonds is 5. The van der Waals surface area contributed by atoms with Crippen molar-refractivity contribution in [2.75, 3.05) is 14.2 Å². The molecule has 1 aliphatic carbocycles. The van der Waals surface area contributed by atoms with Gasteiger partial charge in [-0.15, -0.1) is 0 Å². The molecule has 0 bridgehead atoms. The van der Waals surface area contributed by atoms with Crippen molar-refractivity contribution in [3.8, 4) is 11.5 Å². The molecule has 2 aromatic carbocycles. The van der Waals surface area contributed by atoms with Crippen LogP contribution in [0.15, 0.2) is 42.5 Å². The third-order valence-electron chi connectivity index (χ3n) is 4.40. The van der Waals surface area contributed by atoms with Crippen molar-refractivity contribution in [1.82, 2.24) is 5.32 Å². The molecule has 1 N–H and O–H groups in total. The molecule has 3 heteroatoms. The Morgan fingerprint density at radius 3 is 2.77 bits per heavy atom. The zero-order valence-electron chi connectivity index (χ0n) is 13.3. The first-order chi connectivity index (χ1) is 10.8. The van der Waals surface area contributed by atoms with Gasteiger partial charge in [-0.2, -0.15) is 0 Å². The van der Waals surface area contributed by atoms with Crippen LogP contribution in [-0.2, 0) is 13.0 Å². The minimum atomic E-state index is 0.428. The average Bonchev–Trinajstić information content (AvgIpc) is 2.59. The summed E-state index contributed by atoms with van der Waals surface area (Å²) in [6, 6.07) is 15.2. The fourth-order valence-corrected chi connectivity index (χ4v) is 3.20. The van der Waals surface area contributed by atoms with Gasteiger partial charge in [0.25, 0.3) is 0 Å². The molecule has 1 aliphatic rings. The maximum atomic E-state index is 5.48. The summed E-state index contributed by atoms with van der Waals surface area (Å²) in [5.74, 6) is 1.69. The van der Waals surface area contributed by atoms with Gasteiger partial charge in [0, 0.05) is 24.2 Å². The third-order valence-corrected chi connectivity index (χ3v) is 4.40. The maximum absolute atomic E-state index is 5.48. The molecule has 0 spiro atoms. The minimum Gasteiger partial charge on any atom is -0.497 e. The van der Waals surface area contributed by atoms with Gasteiger partial charge in [-0.3, -0.25) is 0 Å². The Morgan fingerprint density at radius 1 is 1.09 bits per heavy atom. The molecule has 0 radical (unpaired) electrons. The summed E-state index contributed by atoms with van der Waals surface area (Å²) >= 11 is 0. The van der Waals surface area contributed by atoms with E-state index in [1.54, 1.807) is 14.2 Å². The van der Waals surface area contributed by atoms with Crippen LogP contribution in [0.2, 0.25) is 0 Å². The van der Waals surface area contributed by atoms with Crippen LogP contribution in [0.5, 0.6) is 11.5 Å². The smallest absolute Gasteiger partial charge is 0.127 e. The fourth-order valence-electron chi connectivity index (χ4n) is 3.20. The quantitative estimate of drug-likeness (QED) is 0.908. The molecule has 3 nitrogen and oxygen atoms in total. The SMILES string of the molecule is COc1ccc(CN[C@@H]2CCCc3ccccc32)c(OC)c1. The van der Waals surface area contributed by atoms with Crippen molar-refractivity contribution >= 4 is 0 Å². The third kappa shape index (κ3) is 3.09. The molecular formula is C19H23NO2. The van der Waals surface area contributed by atoms with Gasteiger partial charge < -0.3 is 14.8 Å². The number of hydrogen-bond donors (Lipinski definition) is 1. The van der Waals surface area contributed by atoms with Crippen molar-refractivity contribution < 1.29 is 9.47 Å². The standard InChI is InChI=1S/C19H23NO2/c1-21-16-11-10-15(19(12-16)22-2)13-20-18-9-5-7-14-6-3-4-8-17(14)18/h3-4,6,8,10-12,18,20H,5,7,9,13H2,1-2H3/t18-/m1/s1. The maximum Gasteiger partial charge on any atom is 0.127 e. The molecule has 0 aliphatic heterocycles. The molecule has 3 rings (SSSR count). The van der Waals surface area contributed by atoms with E-state index in [1.165, 1.54) is 30.4 Å². The van der Waals surface area contributed by atoms with Crippen molar-refractivity contribution in [1.29, 1.82) is 0 Å². The molecular weight excluding hydrogens is 274 g/mol. The second kappa shape index (κ2) is 6.84. The van der Waals surface area contributed by atoms with Crippen molar-refractivity contribution in [3.05, 3.63) is 59.2 Å². The Kier molecular flexibility index (Phi) is 4.64. The Balaban J connectivity index is 1.73. The molecule has 1 atom stereocenters. The van der Waals surface area contributed by atoms with Gasteiger partial charge in [-0.25, -0.2) is 0 Å². The van der Waals surface area contributed by atoms with E-state index in [0.717, 1.165) is 23.6 Å². The summed E-state index contributed by atoms with van der Waals surface area (Å²) in [7, 11) is 3.37. The fraction of sp³-hybridized carbons (Fsp3) is 0.368. The predicted octanol–water partition coefficient (Wildman–Crippen LogP) is 3.87. The number of fused-ring (bicyclic) bond motifs is 1. The van der Waals surface area contributed by atoms with Gasteiger partial charge in [-0.1, -0.05) is 30.3 Å². The van der Waals surface area contributed by atoms with Gasteiger partial charge in [0.2, 0.25) is 0 Å². The largest absolute Gasteiger partial charge is 0.497 e. The molecule has 0 fully saturated rings. The normalized spacial score (nSPS) is 16.9. The van der Waals surface area contributed by atoms with Gasteiger partial charge in [-0.05, 0) is 36.5 Å². The molecule has 0 heterocycles. The van der Waals surface area contributed by atoms with Gasteiger partial charge in [0.15, 0.2) is 0 Å². The Hall–Kier alpha value is -2.00. The summed E-state index contributed by atoms with van der Waals surface area (Å²) < 4.78 is 10.7.